The number of methoxy groups -OCH3 is 2. The Labute approximate surface area is 113 Å². The third-order valence-electron chi connectivity index (χ3n) is 2.12. The van der Waals surface area contributed by atoms with E-state index in [2.05, 4.69) is 15.3 Å². The molecule has 0 aliphatic heterocycles. The molecule has 0 bridgehead atoms. The summed E-state index contributed by atoms with van der Waals surface area (Å²) < 4.78 is 10.1. The Morgan fingerprint density at radius 1 is 1.28 bits per heavy atom. The van der Waals surface area contributed by atoms with Crippen LogP contribution < -0.4 is 5.32 Å². The molecule has 6 heteroatoms. The Balaban J connectivity index is 2.63. The van der Waals surface area contributed by atoms with Crippen LogP contribution in [0.5, 0.6) is 0 Å². The van der Waals surface area contributed by atoms with Gasteiger partial charge in [0.05, 0.1) is 0 Å². The van der Waals surface area contributed by atoms with Crippen LogP contribution in [0, 0.1) is 0 Å². The van der Waals surface area contributed by atoms with Gasteiger partial charge in [-0.2, -0.15) is 0 Å². The van der Waals surface area contributed by atoms with Crippen molar-refractivity contribution < 1.29 is 9.47 Å². The van der Waals surface area contributed by atoms with E-state index in [0.29, 0.717) is 12.4 Å². The minimum Gasteiger partial charge on any atom is -0.385 e. The lowest BCUT2D eigenvalue weighted by Crippen LogP contribution is -2.05. The minimum atomic E-state index is 0.435. The maximum Gasteiger partial charge on any atom is 0.157 e. The number of anilines is 1. The summed E-state index contributed by atoms with van der Waals surface area (Å²) in [6.45, 7) is 4.11. The number of nitrogens with zero attached hydrogens (tertiary/aromatic N) is 2. The fourth-order valence-corrected chi connectivity index (χ4v) is 2.23. The highest BCUT2D eigenvalue weighted by Crippen LogP contribution is 2.19. The third kappa shape index (κ3) is 5.66. The van der Waals surface area contributed by atoms with Gasteiger partial charge in [0.1, 0.15) is 17.5 Å². The van der Waals surface area contributed by atoms with Gasteiger partial charge in [-0.3, -0.25) is 0 Å². The first-order valence-electron chi connectivity index (χ1n) is 6.02. The molecule has 1 aromatic rings. The summed E-state index contributed by atoms with van der Waals surface area (Å²) in [5.74, 6) is 2.56. The summed E-state index contributed by atoms with van der Waals surface area (Å²) in [4.78, 5) is 8.82. The summed E-state index contributed by atoms with van der Waals surface area (Å²) >= 11 is 1.71. The summed E-state index contributed by atoms with van der Waals surface area (Å²) in [5.41, 5.74) is 0. The molecule has 0 saturated heterocycles. The highest BCUT2D eigenvalue weighted by Gasteiger charge is 2.04. The Kier molecular flexibility index (Phi) is 7.71. The first-order chi connectivity index (χ1) is 8.80. The number of rotatable bonds is 9. The smallest absolute Gasteiger partial charge is 0.157 e. The molecule has 0 unspecified atom stereocenters. The quantitative estimate of drug-likeness (QED) is 0.422. The van der Waals surface area contributed by atoms with Gasteiger partial charge in [-0.25, -0.2) is 9.97 Å². The van der Waals surface area contributed by atoms with Crippen molar-refractivity contribution in [3.8, 4) is 0 Å². The Hall–Kier alpha value is -0.850. The van der Waals surface area contributed by atoms with Crippen LogP contribution in [0.2, 0.25) is 0 Å². The lowest BCUT2D eigenvalue weighted by Gasteiger charge is -2.08. The van der Waals surface area contributed by atoms with Crippen LogP contribution in [0.3, 0.4) is 0 Å². The Bertz CT molecular complexity index is 326. The molecule has 0 radical (unpaired) electrons. The van der Waals surface area contributed by atoms with Crippen LogP contribution in [-0.4, -0.2) is 43.1 Å². The van der Waals surface area contributed by atoms with E-state index in [1.54, 1.807) is 26.0 Å². The van der Waals surface area contributed by atoms with E-state index in [-0.39, 0.29) is 0 Å². The normalized spacial score (nSPS) is 10.6. The second kappa shape index (κ2) is 9.13. The summed E-state index contributed by atoms with van der Waals surface area (Å²) in [6, 6.07) is 1.97. The van der Waals surface area contributed by atoms with E-state index in [0.717, 1.165) is 36.2 Å². The first kappa shape index (κ1) is 15.2. The van der Waals surface area contributed by atoms with Gasteiger partial charge in [-0.1, -0.05) is 0 Å². The predicted octanol–water partition coefficient (Wildman–Crippen LogP) is 2.18. The SMILES string of the molecule is CCNc1cc(SCCCOC)nc(COC)n1. The largest absolute Gasteiger partial charge is 0.385 e. The van der Waals surface area contributed by atoms with Crippen molar-refractivity contribution in [3.05, 3.63) is 11.9 Å². The van der Waals surface area contributed by atoms with Crippen molar-refractivity contribution in [1.29, 1.82) is 0 Å². The second-order valence-electron chi connectivity index (χ2n) is 3.67. The maximum absolute atomic E-state index is 5.08. The number of hydrogen-bond acceptors (Lipinski definition) is 6. The standard InChI is InChI=1S/C12H21N3O2S/c1-4-13-10-8-12(18-7-5-6-16-2)15-11(14-10)9-17-3/h8H,4-7,9H2,1-3H3,(H,13,14,15). The van der Waals surface area contributed by atoms with Crippen LogP contribution in [-0.2, 0) is 16.1 Å². The first-order valence-corrected chi connectivity index (χ1v) is 7.01. The molecule has 1 N–H and O–H groups in total. The number of ether oxygens (including phenoxy) is 2. The van der Waals surface area contributed by atoms with Crippen LogP contribution in [0.15, 0.2) is 11.1 Å². The van der Waals surface area contributed by atoms with E-state index >= 15 is 0 Å². The zero-order valence-electron chi connectivity index (χ0n) is 11.2. The van der Waals surface area contributed by atoms with Crippen molar-refractivity contribution in [2.75, 3.05) is 38.4 Å². The van der Waals surface area contributed by atoms with Crippen molar-refractivity contribution >= 4 is 17.6 Å². The molecular formula is C12H21N3O2S. The molecule has 102 valence electrons. The van der Waals surface area contributed by atoms with E-state index in [9.17, 15) is 0 Å². The van der Waals surface area contributed by atoms with Crippen molar-refractivity contribution in [2.24, 2.45) is 0 Å². The average Bonchev–Trinajstić information content (AvgIpc) is 2.35. The molecule has 1 heterocycles. The molecule has 0 saturated carbocycles. The lowest BCUT2D eigenvalue weighted by molar-refractivity contribution is 0.177. The molecule has 0 aromatic carbocycles. The highest BCUT2D eigenvalue weighted by molar-refractivity contribution is 7.99. The molecule has 0 aliphatic carbocycles. The van der Waals surface area contributed by atoms with Crippen molar-refractivity contribution in [1.82, 2.24) is 9.97 Å². The number of hydrogen-bond donors (Lipinski definition) is 1. The van der Waals surface area contributed by atoms with Crippen molar-refractivity contribution in [3.63, 3.8) is 0 Å². The minimum absolute atomic E-state index is 0.435. The molecule has 0 fully saturated rings. The molecule has 1 rings (SSSR count). The van der Waals surface area contributed by atoms with Gasteiger partial charge in [0.15, 0.2) is 5.82 Å². The molecular weight excluding hydrogens is 250 g/mol. The van der Waals surface area contributed by atoms with Gasteiger partial charge >= 0.3 is 0 Å². The number of aromatic nitrogens is 2. The molecule has 5 nitrogen and oxygen atoms in total. The number of nitrogens with one attached hydrogen (secondary N) is 1. The molecule has 18 heavy (non-hydrogen) atoms. The third-order valence-corrected chi connectivity index (χ3v) is 3.12. The van der Waals surface area contributed by atoms with E-state index < -0.39 is 0 Å². The van der Waals surface area contributed by atoms with E-state index in [1.807, 2.05) is 13.0 Å². The predicted molar refractivity (Wildman–Crippen MR) is 74.1 cm³/mol. The molecule has 0 spiro atoms. The lowest BCUT2D eigenvalue weighted by atomic mass is 10.5. The van der Waals surface area contributed by atoms with Gasteiger partial charge in [-0.15, -0.1) is 11.8 Å². The Morgan fingerprint density at radius 2 is 2.11 bits per heavy atom. The summed E-state index contributed by atoms with van der Waals surface area (Å²) in [6.07, 6.45) is 1.02. The summed E-state index contributed by atoms with van der Waals surface area (Å²) in [7, 11) is 3.37. The zero-order chi connectivity index (χ0) is 13.2. The summed E-state index contributed by atoms with van der Waals surface area (Å²) in [5, 5.41) is 4.18. The van der Waals surface area contributed by atoms with E-state index in [1.165, 1.54) is 0 Å². The van der Waals surface area contributed by atoms with Crippen LogP contribution in [0.4, 0.5) is 5.82 Å². The van der Waals surface area contributed by atoms with Gasteiger partial charge in [-0.05, 0) is 13.3 Å². The molecule has 1 aromatic heterocycles. The molecule has 0 aliphatic rings. The van der Waals surface area contributed by atoms with E-state index in [4.69, 9.17) is 9.47 Å². The number of thioether (sulfide) groups is 1. The average molecular weight is 271 g/mol. The zero-order valence-corrected chi connectivity index (χ0v) is 12.0. The van der Waals surface area contributed by atoms with Crippen LogP contribution >= 0.6 is 11.8 Å². The highest BCUT2D eigenvalue weighted by atomic mass is 32.2. The van der Waals surface area contributed by atoms with Gasteiger partial charge in [0.2, 0.25) is 0 Å². The van der Waals surface area contributed by atoms with Gasteiger partial charge < -0.3 is 14.8 Å². The monoisotopic (exact) mass is 271 g/mol. The van der Waals surface area contributed by atoms with Crippen molar-refractivity contribution in [2.45, 2.75) is 25.0 Å². The Morgan fingerprint density at radius 3 is 2.78 bits per heavy atom. The fraction of sp³-hybridized carbons (Fsp3) is 0.667. The van der Waals surface area contributed by atoms with Gasteiger partial charge in [0.25, 0.3) is 0 Å². The fourth-order valence-electron chi connectivity index (χ4n) is 1.39. The van der Waals surface area contributed by atoms with Gasteiger partial charge in [0, 0.05) is 39.2 Å². The maximum atomic E-state index is 5.08. The topological polar surface area (TPSA) is 56.3 Å². The molecule has 0 atom stereocenters. The van der Waals surface area contributed by atoms with Crippen LogP contribution in [0.1, 0.15) is 19.2 Å². The molecule has 0 amide bonds. The van der Waals surface area contributed by atoms with Crippen LogP contribution in [0.25, 0.3) is 0 Å². The second-order valence-corrected chi connectivity index (χ2v) is 4.78.